The number of hydrogen-bond donors (Lipinski definition) is 0. The molecule has 0 spiro atoms. The first kappa shape index (κ1) is 11.5. The Morgan fingerprint density at radius 1 is 1.36 bits per heavy atom. The van der Waals surface area contributed by atoms with Crippen molar-refractivity contribution in [2.45, 2.75) is 25.9 Å². The summed E-state index contributed by atoms with van der Waals surface area (Å²) < 4.78 is 5.07. The second-order valence-corrected chi connectivity index (χ2v) is 3.99. The van der Waals surface area contributed by atoms with Gasteiger partial charge in [-0.15, -0.1) is 0 Å². The van der Waals surface area contributed by atoms with E-state index in [1.807, 2.05) is 4.90 Å². The number of hydrogen-bond acceptors (Lipinski definition) is 3. The van der Waals surface area contributed by atoms with Crippen molar-refractivity contribution in [2.75, 3.05) is 33.4 Å². The molecule has 4 heteroatoms. The maximum atomic E-state index is 10.7. The van der Waals surface area contributed by atoms with Crippen molar-refractivity contribution >= 4 is 6.41 Å². The SMILES string of the molecule is COCCN1C(C)CN(C=O)C[C@@H]1C. The van der Waals surface area contributed by atoms with E-state index in [1.54, 1.807) is 7.11 Å². The molecule has 0 aromatic carbocycles. The lowest BCUT2D eigenvalue weighted by Gasteiger charge is -2.43. The molecule has 1 aliphatic heterocycles. The summed E-state index contributed by atoms with van der Waals surface area (Å²) in [5, 5.41) is 0. The quantitative estimate of drug-likeness (QED) is 0.607. The Labute approximate surface area is 85.8 Å². The van der Waals surface area contributed by atoms with Gasteiger partial charge >= 0.3 is 0 Å². The number of nitrogens with zero attached hydrogens (tertiary/aromatic N) is 2. The number of ether oxygens (including phenoxy) is 1. The molecule has 1 rings (SSSR count). The molecule has 0 aromatic rings. The van der Waals surface area contributed by atoms with Gasteiger partial charge in [-0.2, -0.15) is 0 Å². The third-order valence-electron chi connectivity index (χ3n) is 2.83. The average molecular weight is 200 g/mol. The van der Waals surface area contributed by atoms with Crippen LogP contribution >= 0.6 is 0 Å². The summed E-state index contributed by atoms with van der Waals surface area (Å²) in [6.07, 6.45) is 0.945. The summed E-state index contributed by atoms with van der Waals surface area (Å²) in [6.45, 7) is 7.68. The molecular formula is C10H20N2O2. The number of piperazine rings is 1. The molecule has 1 saturated heterocycles. The highest BCUT2D eigenvalue weighted by Gasteiger charge is 2.27. The zero-order chi connectivity index (χ0) is 10.6. The zero-order valence-electron chi connectivity index (χ0n) is 9.27. The van der Waals surface area contributed by atoms with Crippen molar-refractivity contribution < 1.29 is 9.53 Å². The smallest absolute Gasteiger partial charge is 0.209 e. The van der Waals surface area contributed by atoms with Crippen molar-refractivity contribution in [2.24, 2.45) is 0 Å². The van der Waals surface area contributed by atoms with Crippen molar-refractivity contribution in [1.82, 2.24) is 9.80 Å². The molecule has 1 heterocycles. The minimum Gasteiger partial charge on any atom is -0.383 e. The predicted octanol–water partition coefficient (Wildman–Crippen LogP) is 0.184. The number of amides is 1. The van der Waals surface area contributed by atoms with E-state index in [0.717, 1.165) is 32.7 Å². The van der Waals surface area contributed by atoms with Gasteiger partial charge in [-0.25, -0.2) is 0 Å². The third-order valence-corrected chi connectivity index (χ3v) is 2.83. The van der Waals surface area contributed by atoms with Crippen molar-refractivity contribution in [1.29, 1.82) is 0 Å². The molecule has 1 fully saturated rings. The molecule has 0 bridgehead atoms. The van der Waals surface area contributed by atoms with Gasteiger partial charge in [0.15, 0.2) is 0 Å². The van der Waals surface area contributed by atoms with E-state index >= 15 is 0 Å². The van der Waals surface area contributed by atoms with Gasteiger partial charge in [0.2, 0.25) is 6.41 Å². The largest absolute Gasteiger partial charge is 0.383 e. The van der Waals surface area contributed by atoms with Gasteiger partial charge in [0.05, 0.1) is 6.61 Å². The Morgan fingerprint density at radius 2 is 1.93 bits per heavy atom. The second kappa shape index (κ2) is 5.32. The molecular weight excluding hydrogens is 180 g/mol. The molecule has 0 aliphatic carbocycles. The molecule has 82 valence electrons. The first-order valence-corrected chi connectivity index (χ1v) is 5.13. The minimum absolute atomic E-state index is 0.430. The van der Waals surface area contributed by atoms with E-state index < -0.39 is 0 Å². The van der Waals surface area contributed by atoms with Crippen LogP contribution in [0.5, 0.6) is 0 Å². The summed E-state index contributed by atoms with van der Waals surface area (Å²) in [5.74, 6) is 0. The summed E-state index contributed by atoms with van der Waals surface area (Å²) in [6, 6.07) is 0.859. The van der Waals surface area contributed by atoms with Gasteiger partial charge in [-0.3, -0.25) is 9.69 Å². The van der Waals surface area contributed by atoms with Gasteiger partial charge < -0.3 is 9.64 Å². The molecule has 0 saturated carbocycles. The molecule has 1 amide bonds. The van der Waals surface area contributed by atoms with Crippen LogP contribution in [0.25, 0.3) is 0 Å². The van der Waals surface area contributed by atoms with Crippen LogP contribution in [-0.4, -0.2) is 61.6 Å². The molecule has 4 nitrogen and oxygen atoms in total. The van der Waals surface area contributed by atoms with Gasteiger partial charge in [-0.1, -0.05) is 0 Å². The van der Waals surface area contributed by atoms with E-state index in [9.17, 15) is 4.79 Å². The molecule has 0 N–H and O–H groups in total. The van der Waals surface area contributed by atoms with Crippen molar-refractivity contribution in [3.63, 3.8) is 0 Å². The lowest BCUT2D eigenvalue weighted by Crippen LogP contribution is -2.56. The van der Waals surface area contributed by atoms with Gasteiger partial charge in [0.1, 0.15) is 0 Å². The number of rotatable bonds is 4. The predicted molar refractivity (Wildman–Crippen MR) is 55.1 cm³/mol. The number of carbonyl (C=O) groups excluding carboxylic acids is 1. The van der Waals surface area contributed by atoms with Crippen LogP contribution in [0.3, 0.4) is 0 Å². The zero-order valence-corrected chi connectivity index (χ0v) is 9.27. The standard InChI is InChI=1S/C10H20N2O2/c1-9-6-11(8-13)7-10(2)12(9)4-5-14-3/h8-10H,4-7H2,1-3H3/t9-,10?/m0/s1. The third kappa shape index (κ3) is 2.69. The summed E-state index contributed by atoms with van der Waals surface area (Å²) >= 11 is 0. The Hall–Kier alpha value is -0.610. The van der Waals surface area contributed by atoms with Crippen LogP contribution in [0.2, 0.25) is 0 Å². The lowest BCUT2D eigenvalue weighted by molar-refractivity contribution is -0.122. The van der Waals surface area contributed by atoms with Gasteiger partial charge in [0, 0.05) is 38.8 Å². The van der Waals surface area contributed by atoms with Crippen molar-refractivity contribution in [3.05, 3.63) is 0 Å². The Balaban J connectivity index is 2.47. The Kier molecular flexibility index (Phi) is 4.35. The monoisotopic (exact) mass is 200 g/mol. The molecule has 2 atom stereocenters. The molecule has 0 radical (unpaired) electrons. The molecule has 1 unspecified atom stereocenters. The first-order valence-electron chi connectivity index (χ1n) is 5.13. The normalized spacial score (nSPS) is 29.2. The van der Waals surface area contributed by atoms with Crippen molar-refractivity contribution in [3.8, 4) is 0 Å². The fourth-order valence-electron chi connectivity index (χ4n) is 2.12. The maximum absolute atomic E-state index is 10.7. The molecule has 14 heavy (non-hydrogen) atoms. The Morgan fingerprint density at radius 3 is 2.36 bits per heavy atom. The maximum Gasteiger partial charge on any atom is 0.209 e. The Bertz CT molecular complexity index is 175. The van der Waals surface area contributed by atoms with Crippen LogP contribution in [0.4, 0.5) is 0 Å². The lowest BCUT2D eigenvalue weighted by atomic mass is 10.1. The highest BCUT2D eigenvalue weighted by molar-refractivity contribution is 5.47. The molecule has 1 aliphatic rings. The van der Waals surface area contributed by atoms with Crippen LogP contribution in [-0.2, 0) is 9.53 Å². The topological polar surface area (TPSA) is 32.8 Å². The summed E-state index contributed by atoms with van der Waals surface area (Å²) in [5.41, 5.74) is 0. The average Bonchev–Trinajstić information content (AvgIpc) is 2.16. The fraction of sp³-hybridized carbons (Fsp3) is 0.900. The van der Waals surface area contributed by atoms with E-state index in [4.69, 9.17) is 4.74 Å². The van der Waals surface area contributed by atoms with Gasteiger partial charge in [0.25, 0.3) is 0 Å². The van der Waals surface area contributed by atoms with E-state index in [2.05, 4.69) is 18.7 Å². The number of methoxy groups -OCH3 is 1. The van der Waals surface area contributed by atoms with Crippen LogP contribution < -0.4 is 0 Å². The molecule has 0 aromatic heterocycles. The second-order valence-electron chi connectivity index (χ2n) is 3.99. The fourth-order valence-corrected chi connectivity index (χ4v) is 2.12. The summed E-state index contributed by atoms with van der Waals surface area (Å²) in [4.78, 5) is 14.9. The van der Waals surface area contributed by atoms with Gasteiger partial charge in [-0.05, 0) is 13.8 Å². The number of carbonyl (C=O) groups is 1. The minimum atomic E-state index is 0.430. The summed E-state index contributed by atoms with van der Waals surface area (Å²) in [7, 11) is 1.72. The van der Waals surface area contributed by atoms with E-state index in [0.29, 0.717) is 12.1 Å². The van der Waals surface area contributed by atoms with Crippen LogP contribution in [0, 0.1) is 0 Å². The highest BCUT2D eigenvalue weighted by atomic mass is 16.5. The van der Waals surface area contributed by atoms with Crippen LogP contribution in [0.15, 0.2) is 0 Å². The van der Waals surface area contributed by atoms with E-state index in [1.165, 1.54) is 0 Å². The highest BCUT2D eigenvalue weighted by Crippen LogP contribution is 2.13. The first-order chi connectivity index (χ1) is 6.69. The van der Waals surface area contributed by atoms with Crippen LogP contribution in [0.1, 0.15) is 13.8 Å². The van der Waals surface area contributed by atoms with E-state index in [-0.39, 0.29) is 0 Å².